The first-order chi connectivity index (χ1) is 16.0. The van der Waals surface area contributed by atoms with Crippen molar-refractivity contribution < 1.29 is 22.4 Å². The third kappa shape index (κ3) is 7.03. The van der Waals surface area contributed by atoms with Gasteiger partial charge in [0.1, 0.15) is 18.4 Å². The minimum absolute atomic E-state index is 0.168. The number of amides is 2. The number of sulfonamides is 1. The summed E-state index contributed by atoms with van der Waals surface area (Å²) < 4.78 is 40.9. The lowest BCUT2D eigenvalue weighted by atomic mass is 10.1. The zero-order valence-electron chi connectivity index (χ0n) is 20.5. The summed E-state index contributed by atoms with van der Waals surface area (Å²) in [5, 5.41) is 2.79. The highest BCUT2D eigenvalue weighted by atomic mass is 32.2. The second kappa shape index (κ2) is 12.0. The van der Waals surface area contributed by atoms with Gasteiger partial charge in [0.2, 0.25) is 21.8 Å². The quantitative estimate of drug-likeness (QED) is 0.487. The first-order valence-corrected chi connectivity index (χ1v) is 13.2. The standard InChI is InChI=1S/C25H34FN3O4S/c1-6-7-15-27-25(31)20(4)28(16-21-13-8-9-14-22(21)26)23(30)17-29(34(5,32)33)24-18(2)11-10-12-19(24)3/h8-14,20H,6-7,15-17H2,1-5H3,(H,27,31)/t20-/m1/s1. The van der Waals surface area contributed by atoms with Gasteiger partial charge in [-0.25, -0.2) is 12.8 Å². The highest BCUT2D eigenvalue weighted by Gasteiger charge is 2.31. The lowest BCUT2D eigenvalue weighted by Crippen LogP contribution is -2.51. The highest BCUT2D eigenvalue weighted by molar-refractivity contribution is 7.92. The van der Waals surface area contributed by atoms with Crippen LogP contribution in [0.1, 0.15) is 43.4 Å². The average molecular weight is 492 g/mol. The Hall–Kier alpha value is -2.94. The van der Waals surface area contributed by atoms with Gasteiger partial charge < -0.3 is 10.2 Å². The number of hydrogen-bond acceptors (Lipinski definition) is 4. The van der Waals surface area contributed by atoms with Crippen LogP contribution in [0, 0.1) is 19.7 Å². The number of hydrogen-bond donors (Lipinski definition) is 1. The molecule has 0 aliphatic carbocycles. The molecule has 0 saturated carbocycles. The van der Waals surface area contributed by atoms with Gasteiger partial charge in [0.05, 0.1) is 11.9 Å². The van der Waals surface area contributed by atoms with Gasteiger partial charge in [0.25, 0.3) is 0 Å². The van der Waals surface area contributed by atoms with E-state index >= 15 is 0 Å². The van der Waals surface area contributed by atoms with Crippen LogP contribution in [-0.2, 0) is 26.2 Å². The zero-order valence-corrected chi connectivity index (χ0v) is 21.3. The number of unbranched alkanes of at least 4 members (excludes halogenated alkanes) is 1. The molecular formula is C25H34FN3O4S. The van der Waals surface area contributed by atoms with Gasteiger partial charge in [0, 0.05) is 18.7 Å². The van der Waals surface area contributed by atoms with Crippen molar-refractivity contribution in [1.82, 2.24) is 10.2 Å². The molecular weight excluding hydrogens is 457 g/mol. The monoisotopic (exact) mass is 491 g/mol. The first-order valence-electron chi connectivity index (χ1n) is 11.3. The number of benzene rings is 2. The molecule has 0 spiro atoms. The van der Waals surface area contributed by atoms with Gasteiger partial charge in [-0.2, -0.15) is 0 Å². The van der Waals surface area contributed by atoms with Crippen LogP contribution in [0.25, 0.3) is 0 Å². The summed E-state index contributed by atoms with van der Waals surface area (Å²) in [4.78, 5) is 27.5. The predicted octanol–water partition coefficient (Wildman–Crippen LogP) is 3.54. The molecule has 0 aliphatic rings. The maximum absolute atomic E-state index is 14.4. The predicted molar refractivity (Wildman–Crippen MR) is 132 cm³/mol. The molecule has 9 heteroatoms. The lowest BCUT2D eigenvalue weighted by molar-refractivity contribution is -0.139. The van der Waals surface area contributed by atoms with Crippen LogP contribution < -0.4 is 9.62 Å². The van der Waals surface area contributed by atoms with Crippen molar-refractivity contribution >= 4 is 27.5 Å². The van der Waals surface area contributed by atoms with E-state index in [2.05, 4.69) is 5.32 Å². The molecule has 0 aliphatic heterocycles. The Morgan fingerprint density at radius 3 is 2.24 bits per heavy atom. The summed E-state index contributed by atoms with van der Waals surface area (Å²) in [5.41, 5.74) is 2.06. The Morgan fingerprint density at radius 1 is 1.06 bits per heavy atom. The van der Waals surface area contributed by atoms with Crippen LogP contribution in [0.2, 0.25) is 0 Å². The number of rotatable bonds is 11. The molecule has 2 rings (SSSR count). The second-order valence-electron chi connectivity index (χ2n) is 8.44. The second-order valence-corrected chi connectivity index (χ2v) is 10.4. The van der Waals surface area contributed by atoms with Crippen LogP contribution >= 0.6 is 0 Å². The third-order valence-corrected chi connectivity index (χ3v) is 6.78. The molecule has 1 N–H and O–H groups in total. The first kappa shape index (κ1) is 27.3. The minimum atomic E-state index is -3.82. The van der Waals surface area contributed by atoms with Crippen molar-refractivity contribution in [3.63, 3.8) is 0 Å². The fourth-order valence-electron chi connectivity index (χ4n) is 3.70. The molecule has 0 fully saturated rings. The Labute approximate surface area is 202 Å². The maximum Gasteiger partial charge on any atom is 0.244 e. The number of nitrogens with zero attached hydrogens (tertiary/aromatic N) is 2. The molecule has 0 aromatic heterocycles. The normalized spacial score (nSPS) is 12.2. The van der Waals surface area contributed by atoms with Crippen LogP contribution in [0.4, 0.5) is 10.1 Å². The molecule has 7 nitrogen and oxygen atoms in total. The summed E-state index contributed by atoms with van der Waals surface area (Å²) >= 11 is 0. The van der Waals surface area contributed by atoms with E-state index in [1.54, 1.807) is 39.0 Å². The molecule has 2 aromatic carbocycles. The minimum Gasteiger partial charge on any atom is -0.354 e. The number of carbonyl (C=O) groups excluding carboxylic acids is 2. The van der Waals surface area contributed by atoms with E-state index in [0.717, 1.165) is 23.4 Å². The number of halogens is 1. The molecule has 0 bridgehead atoms. The molecule has 2 amide bonds. The van der Waals surface area contributed by atoms with Gasteiger partial charge in [-0.1, -0.05) is 49.7 Å². The molecule has 186 valence electrons. The Bertz CT molecular complexity index is 1100. The van der Waals surface area contributed by atoms with Gasteiger partial charge in [-0.15, -0.1) is 0 Å². The van der Waals surface area contributed by atoms with Crippen LogP contribution in [0.3, 0.4) is 0 Å². The van der Waals surface area contributed by atoms with Crippen molar-refractivity contribution in [2.24, 2.45) is 0 Å². The van der Waals surface area contributed by atoms with Crippen LogP contribution in [0.15, 0.2) is 42.5 Å². The Morgan fingerprint density at radius 2 is 1.68 bits per heavy atom. The zero-order chi connectivity index (χ0) is 25.5. The van der Waals surface area contributed by atoms with Gasteiger partial charge in [-0.3, -0.25) is 13.9 Å². The topological polar surface area (TPSA) is 86.8 Å². The average Bonchev–Trinajstić information content (AvgIpc) is 2.76. The van der Waals surface area contributed by atoms with Crippen molar-refractivity contribution in [3.8, 4) is 0 Å². The molecule has 0 unspecified atom stereocenters. The summed E-state index contributed by atoms with van der Waals surface area (Å²) in [5.74, 6) is -1.49. The number of aryl methyl sites for hydroxylation is 2. The molecule has 2 aromatic rings. The number of carbonyl (C=O) groups is 2. The number of para-hydroxylation sites is 1. The summed E-state index contributed by atoms with van der Waals surface area (Å²) in [6.07, 6.45) is 2.72. The highest BCUT2D eigenvalue weighted by Crippen LogP contribution is 2.27. The fourth-order valence-corrected chi connectivity index (χ4v) is 4.67. The van der Waals surface area contributed by atoms with E-state index in [4.69, 9.17) is 0 Å². The Balaban J connectivity index is 2.42. The number of anilines is 1. The molecule has 0 radical (unpaired) electrons. The molecule has 0 heterocycles. The SMILES string of the molecule is CCCCNC(=O)[C@@H](C)N(Cc1ccccc1F)C(=O)CN(c1c(C)cccc1C)S(C)(=O)=O. The smallest absolute Gasteiger partial charge is 0.244 e. The van der Waals surface area contributed by atoms with E-state index in [9.17, 15) is 22.4 Å². The lowest BCUT2D eigenvalue weighted by Gasteiger charge is -2.32. The van der Waals surface area contributed by atoms with Crippen molar-refractivity contribution in [2.75, 3.05) is 23.7 Å². The summed E-state index contributed by atoms with van der Waals surface area (Å²) in [6.45, 7) is 6.88. The van der Waals surface area contributed by atoms with E-state index in [-0.39, 0.29) is 18.0 Å². The van der Waals surface area contributed by atoms with Gasteiger partial charge >= 0.3 is 0 Å². The van der Waals surface area contributed by atoms with Crippen LogP contribution in [0.5, 0.6) is 0 Å². The van der Waals surface area contributed by atoms with Crippen molar-refractivity contribution in [1.29, 1.82) is 0 Å². The molecule has 34 heavy (non-hydrogen) atoms. The Kier molecular flexibility index (Phi) is 9.61. The molecule has 1 atom stereocenters. The van der Waals surface area contributed by atoms with Crippen LogP contribution in [-0.4, -0.2) is 50.5 Å². The fraction of sp³-hybridized carbons (Fsp3) is 0.440. The van der Waals surface area contributed by atoms with Gasteiger partial charge in [0.15, 0.2) is 0 Å². The largest absolute Gasteiger partial charge is 0.354 e. The van der Waals surface area contributed by atoms with Gasteiger partial charge in [-0.05, 0) is 44.4 Å². The summed E-state index contributed by atoms with van der Waals surface area (Å²) in [7, 11) is -3.82. The van der Waals surface area contributed by atoms with E-state index in [1.807, 2.05) is 13.0 Å². The summed E-state index contributed by atoms with van der Waals surface area (Å²) in [6, 6.07) is 10.4. The van der Waals surface area contributed by atoms with E-state index < -0.39 is 34.3 Å². The van der Waals surface area contributed by atoms with Crippen molar-refractivity contribution in [3.05, 3.63) is 65.0 Å². The maximum atomic E-state index is 14.4. The van der Waals surface area contributed by atoms with E-state index in [1.165, 1.54) is 23.1 Å². The number of nitrogens with one attached hydrogen (secondary N) is 1. The third-order valence-electron chi connectivity index (χ3n) is 5.66. The van der Waals surface area contributed by atoms with E-state index in [0.29, 0.717) is 23.4 Å². The molecule has 0 saturated heterocycles. The van der Waals surface area contributed by atoms with Crippen molar-refractivity contribution in [2.45, 2.75) is 53.1 Å².